The van der Waals surface area contributed by atoms with Crippen LogP contribution in [0.15, 0.2) is 12.3 Å². The number of hydrogen-bond donors (Lipinski definition) is 2. The average Bonchev–Trinajstić information content (AvgIpc) is 1.94. The molecule has 0 aliphatic carbocycles. The topological polar surface area (TPSA) is 53.4 Å². The molecule has 11 heavy (non-hydrogen) atoms. The van der Waals surface area contributed by atoms with E-state index in [1.54, 1.807) is 0 Å². The van der Waals surface area contributed by atoms with Crippen LogP contribution < -0.4 is 5.46 Å². The second-order valence-electron chi connectivity index (χ2n) is 1.90. The summed E-state index contributed by atoms with van der Waals surface area (Å²) in [5.74, 6) is -1.89. The van der Waals surface area contributed by atoms with Crippen LogP contribution in [0.5, 0.6) is 0 Å². The van der Waals surface area contributed by atoms with E-state index in [1.165, 1.54) is 0 Å². The van der Waals surface area contributed by atoms with Crippen LogP contribution in [-0.2, 0) is 0 Å². The molecule has 0 spiro atoms. The Kier molecular flexibility index (Phi) is 2.16. The second-order valence-corrected chi connectivity index (χ2v) is 1.90. The van der Waals surface area contributed by atoms with E-state index >= 15 is 0 Å². The number of aromatic nitrogens is 1. The van der Waals surface area contributed by atoms with Crippen molar-refractivity contribution in [3.05, 3.63) is 24.0 Å². The summed E-state index contributed by atoms with van der Waals surface area (Å²) < 4.78 is 24.7. The van der Waals surface area contributed by atoms with Crippen molar-refractivity contribution in [1.29, 1.82) is 0 Å². The van der Waals surface area contributed by atoms with E-state index in [2.05, 4.69) is 4.98 Å². The Morgan fingerprint density at radius 1 is 1.36 bits per heavy atom. The third kappa shape index (κ3) is 1.72. The van der Waals surface area contributed by atoms with Crippen molar-refractivity contribution >= 4 is 12.6 Å². The molecule has 0 aromatic carbocycles. The largest absolute Gasteiger partial charge is 0.491 e. The lowest BCUT2D eigenvalue weighted by Gasteiger charge is -1.98. The minimum atomic E-state index is -2.01. The molecule has 3 nitrogen and oxygen atoms in total. The Morgan fingerprint density at radius 2 is 2.00 bits per heavy atom. The van der Waals surface area contributed by atoms with Gasteiger partial charge in [0.05, 0.1) is 6.20 Å². The third-order valence-corrected chi connectivity index (χ3v) is 1.13. The molecule has 0 saturated carbocycles. The van der Waals surface area contributed by atoms with Crippen LogP contribution >= 0.6 is 0 Å². The first-order valence-electron chi connectivity index (χ1n) is 2.78. The van der Waals surface area contributed by atoms with Crippen LogP contribution in [0.3, 0.4) is 0 Å². The highest BCUT2D eigenvalue weighted by Crippen LogP contribution is 1.94. The number of pyridine rings is 1. The van der Waals surface area contributed by atoms with Gasteiger partial charge in [0.1, 0.15) is 5.82 Å². The molecule has 0 radical (unpaired) electrons. The van der Waals surface area contributed by atoms with E-state index < -0.39 is 24.3 Å². The van der Waals surface area contributed by atoms with Gasteiger partial charge in [-0.25, -0.2) is 9.37 Å². The molecule has 0 fully saturated rings. The summed E-state index contributed by atoms with van der Waals surface area (Å²) in [6, 6.07) is 0.625. The van der Waals surface area contributed by atoms with Gasteiger partial charge in [0.25, 0.3) is 0 Å². The second kappa shape index (κ2) is 2.94. The van der Waals surface area contributed by atoms with Gasteiger partial charge in [-0.2, -0.15) is 4.39 Å². The van der Waals surface area contributed by atoms with E-state index in [-0.39, 0.29) is 0 Å². The van der Waals surface area contributed by atoms with Crippen molar-refractivity contribution in [3.8, 4) is 0 Å². The predicted octanol–water partition coefficient (Wildman–Crippen LogP) is -0.960. The van der Waals surface area contributed by atoms with Crippen molar-refractivity contribution < 1.29 is 18.8 Å². The van der Waals surface area contributed by atoms with Crippen molar-refractivity contribution in [2.24, 2.45) is 0 Å². The molecule has 1 aromatic rings. The van der Waals surface area contributed by atoms with Crippen LogP contribution in [0, 0.1) is 11.8 Å². The molecule has 0 aliphatic heterocycles. The van der Waals surface area contributed by atoms with Crippen LogP contribution in [0.2, 0.25) is 0 Å². The zero-order valence-electron chi connectivity index (χ0n) is 5.33. The molecule has 6 heteroatoms. The highest BCUT2D eigenvalue weighted by molar-refractivity contribution is 6.58. The Morgan fingerprint density at radius 3 is 2.45 bits per heavy atom. The SMILES string of the molecule is OB(O)c1cc(F)ncc1F. The van der Waals surface area contributed by atoms with Gasteiger partial charge in [0.2, 0.25) is 5.95 Å². The van der Waals surface area contributed by atoms with E-state index in [0.29, 0.717) is 12.3 Å². The molecule has 0 amide bonds. The molecule has 0 atom stereocenters. The van der Waals surface area contributed by atoms with Crippen molar-refractivity contribution in [1.82, 2.24) is 4.98 Å². The smallest absolute Gasteiger partial charge is 0.423 e. The Labute approximate surface area is 61.5 Å². The molecular weight excluding hydrogens is 155 g/mol. The minimum Gasteiger partial charge on any atom is -0.423 e. The van der Waals surface area contributed by atoms with Gasteiger partial charge >= 0.3 is 7.12 Å². The third-order valence-electron chi connectivity index (χ3n) is 1.13. The molecule has 1 rings (SSSR count). The first-order chi connectivity index (χ1) is 5.11. The fourth-order valence-corrected chi connectivity index (χ4v) is 0.625. The van der Waals surface area contributed by atoms with Gasteiger partial charge in [-0.3, -0.25) is 0 Å². The van der Waals surface area contributed by atoms with E-state index in [1.807, 2.05) is 0 Å². The fraction of sp³-hybridized carbons (Fsp3) is 0. The molecule has 1 aromatic heterocycles. The van der Waals surface area contributed by atoms with Gasteiger partial charge < -0.3 is 10.0 Å². The Hall–Kier alpha value is -1.01. The lowest BCUT2D eigenvalue weighted by molar-refractivity contribution is 0.421. The zero-order chi connectivity index (χ0) is 8.43. The van der Waals surface area contributed by atoms with Crippen molar-refractivity contribution in [3.63, 3.8) is 0 Å². The van der Waals surface area contributed by atoms with Crippen LogP contribution in [0.25, 0.3) is 0 Å². The Balaban J connectivity index is 3.13. The normalized spacial score (nSPS) is 9.82. The number of nitrogens with zero attached hydrogens (tertiary/aromatic N) is 1. The summed E-state index contributed by atoms with van der Waals surface area (Å²) >= 11 is 0. The standard InChI is InChI=1S/C5H4BF2NO2/c7-4-2-9-5(8)1-3(4)6(10)11/h1-2,10-11H. The predicted molar refractivity (Wildman–Crippen MR) is 34.0 cm³/mol. The zero-order valence-corrected chi connectivity index (χ0v) is 5.33. The molecule has 0 saturated heterocycles. The number of hydrogen-bond acceptors (Lipinski definition) is 3. The molecule has 2 N–H and O–H groups in total. The molecular formula is C5H4BF2NO2. The Bertz CT molecular complexity index is 269. The lowest BCUT2D eigenvalue weighted by atomic mass is 9.81. The van der Waals surface area contributed by atoms with Gasteiger partial charge in [0.15, 0.2) is 0 Å². The van der Waals surface area contributed by atoms with Gasteiger partial charge in [0, 0.05) is 5.46 Å². The molecule has 0 aliphatic rings. The first kappa shape index (κ1) is 8.09. The summed E-state index contributed by atoms with van der Waals surface area (Å²) in [4.78, 5) is 2.96. The van der Waals surface area contributed by atoms with Crippen molar-refractivity contribution in [2.45, 2.75) is 0 Å². The summed E-state index contributed by atoms with van der Waals surface area (Å²) in [5.41, 5.74) is -0.516. The van der Waals surface area contributed by atoms with Gasteiger partial charge in [-0.05, 0) is 6.07 Å². The average molecular weight is 159 g/mol. The highest BCUT2D eigenvalue weighted by Gasteiger charge is 2.17. The first-order valence-corrected chi connectivity index (χ1v) is 2.78. The quantitative estimate of drug-likeness (QED) is 0.409. The summed E-state index contributed by atoms with van der Waals surface area (Å²) in [6.45, 7) is 0. The maximum absolute atomic E-state index is 12.5. The van der Waals surface area contributed by atoms with Crippen LogP contribution in [0.1, 0.15) is 0 Å². The summed E-state index contributed by atoms with van der Waals surface area (Å²) in [7, 11) is -2.01. The van der Waals surface area contributed by atoms with Crippen LogP contribution in [0.4, 0.5) is 8.78 Å². The van der Waals surface area contributed by atoms with E-state index in [4.69, 9.17) is 10.0 Å². The number of halogens is 2. The summed E-state index contributed by atoms with van der Waals surface area (Å²) in [5, 5.41) is 16.9. The van der Waals surface area contributed by atoms with Gasteiger partial charge in [-0.15, -0.1) is 0 Å². The highest BCUT2D eigenvalue weighted by atomic mass is 19.1. The molecule has 58 valence electrons. The van der Waals surface area contributed by atoms with Crippen LogP contribution in [-0.4, -0.2) is 22.2 Å². The monoisotopic (exact) mass is 159 g/mol. The van der Waals surface area contributed by atoms with Crippen molar-refractivity contribution in [2.75, 3.05) is 0 Å². The number of rotatable bonds is 1. The van der Waals surface area contributed by atoms with E-state index in [0.717, 1.165) is 0 Å². The maximum Gasteiger partial charge on any atom is 0.491 e. The molecule has 1 heterocycles. The van der Waals surface area contributed by atoms with Gasteiger partial charge in [-0.1, -0.05) is 0 Å². The molecule has 0 unspecified atom stereocenters. The fourth-order valence-electron chi connectivity index (χ4n) is 0.625. The van der Waals surface area contributed by atoms with E-state index in [9.17, 15) is 8.78 Å². The minimum absolute atomic E-state index is 0.516. The lowest BCUT2D eigenvalue weighted by Crippen LogP contribution is -2.33. The summed E-state index contributed by atoms with van der Waals surface area (Å²) in [6.07, 6.45) is 0.587. The molecule has 0 bridgehead atoms. The maximum atomic E-state index is 12.5.